The molecule has 2 rings (SSSR count). The van der Waals surface area contributed by atoms with E-state index in [0.29, 0.717) is 18.6 Å². The fourth-order valence-corrected chi connectivity index (χ4v) is 1.68. The molecule has 1 heterocycles. The molecule has 0 amide bonds. The second kappa shape index (κ2) is 3.70. The second-order valence-electron chi connectivity index (χ2n) is 3.54. The topological polar surface area (TPSA) is 40.5 Å². The van der Waals surface area contributed by atoms with E-state index < -0.39 is 0 Å². The molecule has 1 aliphatic rings. The average molecular weight is 191 g/mol. The van der Waals surface area contributed by atoms with Gasteiger partial charge in [-0.2, -0.15) is 0 Å². The number of benzene rings is 1. The van der Waals surface area contributed by atoms with E-state index in [4.69, 9.17) is 5.11 Å². The summed E-state index contributed by atoms with van der Waals surface area (Å²) >= 11 is 0. The quantitative estimate of drug-likeness (QED) is 0.732. The number of anilines is 1. The monoisotopic (exact) mass is 191 g/mol. The van der Waals surface area contributed by atoms with Crippen LogP contribution in [0, 0.1) is 0 Å². The van der Waals surface area contributed by atoms with Crippen molar-refractivity contribution in [2.75, 3.05) is 18.0 Å². The van der Waals surface area contributed by atoms with Gasteiger partial charge in [-0.25, -0.2) is 0 Å². The Morgan fingerprint density at radius 3 is 2.21 bits per heavy atom. The van der Waals surface area contributed by atoms with Crippen molar-refractivity contribution in [1.82, 2.24) is 0 Å². The number of piperidine rings is 1. The number of rotatable bonds is 1. The van der Waals surface area contributed by atoms with Crippen molar-refractivity contribution in [2.45, 2.75) is 12.8 Å². The molecule has 0 saturated carbocycles. The van der Waals surface area contributed by atoms with E-state index in [1.807, 2.05) is 12.1 Å². The maximum atomic E-state index is 11.0. The largest absolute Gasteiger partial charge is 0.508 e. The Bertz CT molecular complexity index is 322. The van der Waals surface area contributed by atoms with Crippen molar-refractivity contribution in [3.63, 3.8) is 0 Å². The molecule has 0 aliphatic carbocycles. The van der Waals surface area contributed by atoms with Crippen LogP contribution in [0.3, 0.4) is 0 Å². The number of carbonyl (C=O) groups excluding carboxylic acids is 1. The van der Waals surface area contributed by atoms with Gasteiger partial charge in [-0.05, 0) is 24.3 Å². The number of hydrogen-bond donors (Lipinski definition) is 1. The molecule has 0 unspecified atom stereocenters. The minimum atomic E-state index is 0.279. The van der Waals surface area contributed by atoms with Gasteiger partial charge in [-0.15, -0.1) is 0 Å². The number of phenols is 1. The standard InChI is InChI=1S/C11H13NO2/c13-10-3-1-9(2-4-10)12-7-5-11(14)6-8-12/h1-4,13H,5-8H2. The minimum Gasteiger partial charge on any atom is -0.508 e. The van der Waals surface area contributed by atoms with E-state index in [9.17, 15) is 4.79 Å². The summed E-state index contributed by atoms with van der Waals surface area (Å²) in [6.07, 6.45) is 1.28. The molecule has 1 aliphatic heterocycles. The highest BCUT2D eigenvalue weighted by molar-refractivity contribution is 5.81. The van der Waals surface area contributed by atoms with Crippen LogP contribution in [0.15, 0.2) is 24.3 Å². The summed E-state index contributed by atoms with van der Waals surface area (Å²) in [7, 11) is 0. The summed E-state index contributed by atoms with van der Waals surface area (Å²) in [5, 5.41) is 9.12. The van der Waals surface area contributed by atoms with E-state index in [1.54, 1.807) is 12.1 Å². The molecule has 0 bridgehead atoms. The minimum absolute atomic E-state index is 0.279. The first kappa shape index (κ1) is 9.06. The van der Waals surface area contributed by atoms with Gasteiger partial charge in [-0.1, -0.05) is 0 Å². The molecule has 0 spiro atoms. The zero-order valence-corrected chi connectivity index (χ0v) is 7.94. The molecule has 1 aromatic carbocycles. The van der Waals surface area contributed by atoms with Crippen LogP contribution in [-0.4, -0.2) is 24.0 Å². The van der Waals surface area contributed by atoms with E-state index in [1.165, 1.54) is 0 Å². The van der Waals surface area contributed by atoms with Gasteiger partial charge < -0.3 is 10.0 Å². The Labute approximate surface area is 83.0 Å². The van der Waals surface area contributed by atoms with Crippen LogP contribution >= 0.6 is 0 Å². The summed E-state index contributed by atoms with van der Waals surface area (Å²) in [4.78, 5) is 13.2. The van der Waals surface area contributed by atoms with Crippen LogP contribution in [0.4, 0.5) is 5.69 Å². The average Bonchev–Trinajstić information content (AvgIpc) is 2.21. The summed E-state index contributed by atoms with van der Waals surface area (Å²) in [5.41, 5.74) is 1.08. The third-order valence-electron chi connectivity index (χ3n) is 2.54. The van der Waals surface area contributed by atoms with Crippen LogP contribution in [0.1, 0.15) is 12.8 Å². The molecular formula is C11H13NO2. The third-order valence-corrected chi connectivity index (χ3v) is 2.54. The second-order valence-corrected chi connectivity index (χ2v) is 3.54. The van der Waals surface area contributed by atoms with Gasteiger partial charge in [0.1, 0.15) is 11.5 Å². The van der Waals surface area contributed by atoms with Gasteiger partial charge in [0.25, 0.3) is 0 Å². The molecule has 3 heteroatoms. The highest BCUT2D eigenvalue weighted by atomic mass is 16.3. The van der Waals surface area contributed by atoms with Crippen molar-refractivity contribution in [3.8, 4) is 5.75 Å². The first-order valence-electron chi connectivity index (χ1n) is 4.81. The zero-order valence-electron chi connectivity index (χ0n) is 7.94. The summed E-state index contributed by atoms with van der Waals surface area (Å²) in [5.74, 6) is 0.627. The summed E-state index contributed by atoms with van der Waals surface area (Å²) in [6.45, 7) is 1.59. The van der Waals surface area contributed by atoms with Gasteiger partial charge >= 0.3 is 0 Å². The lowest BCUT2D eigenvalue weighted by molar-refractivity contribution is -0.119. The summed E-state index contributed by atoms with van der Waals surface area (Å²) in [6, 6.07) is 7.10. The maximum Gasteiger partial charge on any atom is 0.136 e. The normalized spacial score (nSPS) is 17.1. The lowest BCUT2D eigenvalue weighted by atomic mass is 10.1. The molecule has 1 aromatic rings. The van der Waals surface area contributed by atoms with Gasteiger partial charge in [0, 0.05) is 31.6 Å². The Morgan fingerprint density at radius 2 is 1.64 bits per heavy atom. The zero-order chi connectivity index (χ0) is 9.97. The van der Waals surface area contributed by atoms with E-state index in [-0.39, 0.29) is 5.75 Å². The van der Waals surface area contributed by atoms with Crippen LogP contribution in [0.5, 0.6) is 5.75 Å². The van der Waals surface area contributed by atoms with Gasteiger partial charge in [0.15, 0.2) is 0 Å². The third kappa shape index (κ3) is 1.87. The van der Waals surface area contributed by atoms with Gasteiger partial charge in [0.05, 0.1) is 0 Å². The van der Waals surface area contributed by atoms with Crippen molar-refractivity contribution < 1.29 is 9.90 Å². The van der Waals surface area contributed by atoms with E-state index in [0.717, 1.165) is 18.8 Å². The number of phenolic OH excluding ortho intramolecular Hbond substituents is 1. The van der Waals surface area contributed by atoms with Gasteiger partial charge in [-0.3, -0.25) is 4.79 Å². The van der Waals surface area contributed by atoms with Crippen LogP contribution in [0.2, 0.25) is 0 Å². The maximum absolute atomic E-state index is 11.0. The number of hydrogen-bond acceptors (Lipinski definition) is 3. The number of carbonyl (C=O) groups is 1. The SMILES string of the molecule is O=C1CCN(c2ccc(O)cc2)CC1. The van der Waals surface area contributed by atoms with Crippen LogP contribution < -0.4 is 4.90 Å². The first-order chi connectivity index (χ1) is 6.75. The lowest BCUT2D eigenvalue weighted by Gasteiger charge is -2.28. The summed E-state index contributed by atoms with van der Waals surface area (Å²) < 4.78 is 0. The number of Topliss-reactive ketones (excluding diaryl/α,β-unsaturated/α-hetero) is 1. The van der Waals surface area contributed by atoms with E-state index >= 15 is 0 Å². The smallest absolute Gasteiger partial charge is 0.136 e. The lowest BCUT2D eigenvalue weighted by Crippen LogP contribution is -2.33. The predicted molar refractivity (Wildman–Crippen MR) is 54.6 cm³/mol. The molecule has 1 fully saturated rings. The molecule has 0 atom stereocenters. The van der Waals surface area contributed by atoms with Crippen molar-refractivity contribution in [3.05, 3.63) is 24.3 Å². The predicted octanol–water partition coefficient (Wildman–Crippen LogP) is 1.56. The van der Waals surface area contributed by atoms with Gasteiger partial charge in [0.2, 0.25) is 0 Å². The Morgan fingerprint density at radius 1 is 1.07 bits per heavy atom. The fraction of sp³-hybridized carbons (Fsp3) is 0.364. The first-order valence-corrected chi connectivity index (χ1v) is 4.81. The molecule has 74 valence electrons. The van der Waals surface area contributed by atoms with Crippen molar-refractivity contribution >= 4 is 11.5 Å². The highest BCUT2D eigenvalue weighted by Gasteiger charge is 2.15. The number of ketones is 1. The molecular weight excluding hydrogens is 178 g/mol. The van der Waals surface area contributed by atoms with Crippen molar-refractivity contribution in [1.29, 1.82) is 0 Å². The van der Waals surface area contributed by atoms with Crippen LogP contribution in [0.25, 0.3) is 0 Å². The van der Waals surface area contributed by atoms with Crippen LogP contribution in [-0.2, 0) is 4.79 Å². The molecule has 3 nitrogen and oxygen atoms in total. The highest BCUT2D eigenvalue weighted by Crippen LogP contribution is 2.20. The molecule has 0 radical (unpaired) electrons. The molecule has 1 saturated heterocycles. The Hall–Kier alpha value is -1.51. The van der Waals surface area contributed by atoms with E-state index in [2.05, 4.69) is 4.90 Å². The molecule has 0 aromatic heterocycles. The number of nitrogens with zero attached hydrogens (tertiary/aromatic N) is 1. The fourth-order valence-electron chi connectivity index (χ4n) is 1.68. The Kier molecular flexibility index (Phi) is 2.39. The Balaban J connectivity index is 2.08. The number of aromatic hydroxyl groups is 1. The molecule has 14 heavy (non-hydrogen) atoms. The van der Waals surface area contributed by atoms with Crippen molar-refractivity contribution in [2.24, 2.45) is 0 Å². The molecule has 1 N–H and O–H groups in total.